The number of hydrogen-bond donors (Lipinski definition) is 1. The molecule has 1 aromatic carbocycles. The fraction of sp³-hybridized carbons (Fsp3) is 0.0714. The van der Waals surface area contributed by atoms with Crippen LogP contribution in [0.4, 0.5) is 5.69 Å². The number of fused-ring (bicyclic) bond motifs is 1. The molecule has 0 fully saturated rings. The van der Waals surface area contributed by atoms with Crippen molar-refractivity contribution in [3.05, 3.63) is 47.1 Å². The van der Waals surface area contributed by atoms with Crippen LogP contribution >= 0.6 is 15.9 Å². The summed E-state index contributed by atoms with van der Waals surface area (Å²) in [5, 5.41) is 1.19. The van der Waals surface area contributed by atoms with E-state index in [-0.39, 0.29) is 0 Å². The van der Waals surface area contributed by atoms with E-state index in [0.29, 0.717) is 0 Å². The van der Waals surface area contributed by atoms with Crippen LogP contribution < -0.4 is 5.73 Å². The lowest BCUT2D eigenvalue weighted by molar-refractivity contribution is 0.968. The van der Waals surface area contributed by atoms with E-state index in [2.05, 4.69) is 37.6 Å². The van der Waals surface area contributed by atoms with Gasteiger partial charge in [-0.05, 0) is 40.2 Å². The number of aromatic nitrogens is 2. The fourth-order valence-electron chi connectivity index (χ4n) is 2.20. The molecule has 0 aliphatic heterocycles. The number of benzene rings is 1. The molecule has 0 saturated heterocycles. The third-order valence-electron chi connectivity index (χ3n) is 3.05. The molecule has 0 amide bonds. The quantitative estimate of drug-likeness (QED) is 0.746. The first-order valence-corrected chi connectivity index (χ1v) is 6.42. The second-order valence-corrected chi connectivity index (χ2v) is 5.10. The summed E-state index contributed by atoms with van der Waals surface area (Å²) in [5.74, 6) is 0. The summed E-state index contributed by atoms with van der Waals surface area (Å²) in [6.45, 7) is 0. The van der Waals surface area contributed by atoms with Crippen LogP contribution in [0.25, 0.3) is 22.3 Å². The minimum atomic E-state index is 0.726. The first kappa shape index (κ1) is 11.3. The van der Waals surface area contributed by atoms with E-state index < -0.39 is 0 Å². The second kappa shape index (κ2) is 4.14. The van der Waals surface area contributed by atoms with E-state index in [4.69, 9.17) is 5.73 Å². The third kappa shape index (κ3) is 1.69. The zero-order chi connectivity index (χ0) is 12.7. The Morgan fingerprint density at radius 1 is 1.22 bits per heavy atom. The van der Waals surface area contributed by atoms with Crippen LogP contribution in [-0.4, -0.2) is 9.55 Å². The molecule has 0 spiro atoms. The molecule has 3 aromatic rings. The van der Waals surface area contributed by atoms with Gasteiger partial charge in [0.2, 0.25) is 0 Å². The minimum absolute atomic E-state index is 0.726. The Hall–Kier alpha value is -1.81. The Labute approximate surface area is 113 Å². The van der Waals surface area contributed by atoms with Crippen molar-refractivity contribution in [2.45, 2.75) is 0 Å². The molecule has 0 atom stereocenters. The highest BCUT2D eigenvalue weighted by Crippen LogP contribution is 2.31. The number of anilines is 1. The Kier molecular flexibility index (Phi) is 2.59. The van der Waals surface area contributed by atoms with Gasteiger partial charge in [-0.3, -0.25) is 4.98 Å². The summed E-state index contributed by atoms with van der Waals surface area (Å²) in [6, 6.07) is 12.0. The topological polar surface area (TPSA) is 43.8 Å². The van der Waals surface area contributed by atoms with Gasteiger partial charge in [0.15, 0.2) is 0 Å². The van der Waals surface area contributed by atoms with Crippen molar-refractivity contribution < 1.29 is 0 Å². The molecule has 0 bridgehead atoms. The predicted molar refractivity (Wildman–Crippen MR) is 78.3 cm³/mol. The molecule has 0 saturated carbocycles. The lowest BCUT2D eigenvalue weighted by Gasteiger charge is -2.05. The lowest BCUT2D eigenvalue weighted by Crippen LogP contribution is -1.95. The van der Waals surface area contributed by atoms with Gasteiger partial charge in [0.25, 0.3) is 0 Å². The van der Waals surface area contributed by atoms with Crippen molar-refractivity contribution in [1.29, 1.82) is 0 Å². The number of nitrogens with two attached hydrogens (primary N) is 1. The van der Waals surface area contributed by atoms with Crippen molar-refractivity contribution in [3.8, 4) is 11.4 Å². The highest BCUT2D eigenvalue weighted by molar-refractivity contribution is 9.10. The zero-order valence-corrected chi connectivity index (χ0v) is 11.5. The normalized spacial score (nSPS) is 11.0. The van der Waals surface area contributed by atoms with E-state index in [0.717, 1.165) is 27.1 Å². The monoisotopic (exact) mass is 301 g/mol. The molecule has 0 aliphatic carbocycles. The average Bonchev–Trinajstić information content (AvgIpc) is 2.68. The predicted octanol–water partition coefficient (Wildman–Crippen LogP) is 3.59. The number of nitrogen functional groups attached to an aromatic ring is 1. The molecule has 3 rings (SSSR count). The first-order valence-electron chi connectivity index (χ1n) is 5.62. The third-order valence-corrected chi connectivity index (χ3v) is 3.69. The largest absolute Gasteiger partial charge is 0.399 e. The van der Waals surface area contributed by atoms with Crippen LogP contribution in [0.3, 0.4) is 0 Å². The Morgan fingerprint density at radius 2 is 2.06 bits per heavy atom. The average molecular weight is 302 g/mol. The number of rotatable bonds is 1. The van der Waals surface area contributed by atoms with Gasteiger partial charge in [0, 0.05) is 28.8 Å². The van der Waals surface area contributed by atoms with E-state index in [1.165, 1.54) is 5.39 Å². The van der Waals surface area contributed by atoms with Crippen molar-refractivity contribution in [3.63, 3.8) is 0 Å². The van der Waals surface area contributed by atoms with E-state index in [1.807, 2.05) is 25.2 Å². The molecule has 2 heterocycles. The second-order valence-electron chi connectivity index (χ2n) is 4.24. The SMILES string of the molecule is Cn1c(-c2cc(N)ccn2)cc2cccc(Br)c21. The molecule has 0 radical (unpaired) electrons. The van der Waals surface area contributed by atoms with Crippen molar-refractivity contribution in [2.24, 2.45) is 7.05 Å². The molecule has 3 nitrogen and oxygen atoms in total. The van der Waals surface area contributed by atoms with Crippen molar-refractivity contribution in [2.75, 3.05) is 5.73 Å². The van der Waals surface area contributed by atoms with E-state index >= 15 is 0 Å². The molecule has 2 N–H and O–H groups in total. The number of halogens is 1. The van der Waals surface area contributed by atoms with Crippen LogP contribution in [0, 0.1) is 0 Å². The summed E-state index contributed by atoms with van der Waals surface area (Å²) in [6.07, 6.45) is 1.73. The lowest BCUT2D eigenvalue weighted by atomic mass is 10.2. The molecule has 2 aromatic heterocycles. The summed E-state index contributed by atoms with van der Waals surface area (Å²) in [4.78, 5) is 4.38. The van der Waals surface area contributed by atoms with E-state index in [1.54, 1.807) is 12.3 Å². The van der Waals surface area contributed by atoms with Crippen LogP contribution in [-0.2, 0) is 7.05 Å². The number of pyridine rings is 1. The molecular weight excluding hydrogens is 290 g/mol. The number of nitrogens with zero attached hydrogens (tertiary/aromatic N) is 2. The highest BCUT2D eigenvalue weighted by atomic mass is 79.9. The summed E-state index contributed by atoms with van der Waals surface area (Å²) in [5.41, 5.74) is 9.65. The molecule has 0 aliphatic rings. The number of aryl methyl sites for hydroxylation is 1. The van der Waals surface area contributed by atoms with Gasteiger partial charge in [-0.1, -0.05) is 12.1 Å². The van der Waals surface area contributed by atoms with Gasteiger partial charge >= 0.3 is 0 Å². The number of para-hydroxylation sites is 1. The van der Waals surface area contributed by atoms with Crippen molar-refractivity contribution >= 4 is 32.5 Å². The van der Waals surface area contributed by atoms with Gasteiger partial charge in [0.1, 0.15) is 0 Å². The van der Waals surface area contributed by atoms with Crippen LogP contribution in [0.1, 0.15) is 0 Å². The maximum Gasteiger partial charge on any atom is 0.0887 e. The van der Waals surface area contributed by atoms with E-state index in [9.17, 15) is 0 Å². The zero-order valence-electron chi connectivity index (χ0n) is 9.89. The van der Waals surface area contributed by atoms with Gasteiger partial charge in [-0.25, -0.2) is 0 Å². The standard InChI is InChI=1S/C14H12BrN3/c1-18-13(12-8-10(16)5-6-17-12)7-9-3-2-4-11(15)14(9)18/h2-8H,1H3,(H2,16,17). The van der Waals surface area contributed by atoms with Crippen molar-refractivity contribution in [1.82, 2.24) is 9.55 Å². The molecular formula is C14H12BrN3. The molecule has 0 unspecified atom stereocenters. The van der Waals surface area contributed by atoms with Gasteiger partial charge < -0.3 is 10.3 Å². The maximum absolute atomic E-state index is 5.81. The van der Waals surface area contributed by atoms with Gasteiger partial charge in [0.05, 0.1) is 16.9 Å². The summed E-state index contributed by atoms with van der Waals surface area (Å²) >= 11 is 3.58. The number of hydrogen-bond acceptors (Lipinski definition) is 2. The molecule has 90 valence electrons. The van der Waals surface area contributed by atoms with Gasteiger partial charge in [-0.15, -0.1) is 0 Å². The Bertz CT molecular complexity index is 731. The van der Waals surface area contributed by atoms with Gasteiger partial charge in [-0.2, -0.15) is 0 Å². The maximum atomic E-state index is 5.81. The summed E-state index contributed by atoms with van der Waals surface area (Å²) < 4.78 is 3.21. The molecule has 4 heteroatoms. The molecule has 18 heavy (non-hydrogen) atoms. The summed E-state index contributed by atoms with van der Waals surface area (Å²) in [7, 11) is 2.04. The smallest absolute Gasteiger partial charge is 0.0887 e. The first-order chi connectivity index (χ1) is 8.66. The van der Waals surface area contributed by atoms with Crippen LogP contribution in [0.5, 0.6) is 0 Å². The Morgan fingerprint density at radius 3 is 2.78 bits per heavy atom. The highest BCUT2D eigenvalue weighted by Gasteiger charge is 2.10. The fourth-order valence-corrected chi connectivity index (χ4v) is 2.85. The minimum Gasteiger partial charge on any atom is -0.399 e. The van der Waals surface area contributed by atoms with Crippen LogP contribution in [0.2, 0.25) is 0 Å². The Balaban J connectivity index is 2.31. The van der Waals surface area contributed by atoms with Crippen LogP contribution in [0.15, 0.2) is 47.1 Å².